The predicted molar refractivity (Wildman–Crippen MR) is 121 cm³/mol. The number of hydrogen-bond donors (Lipinski definition) is 0. The topological polar surface area (TPSA) is 77.3 Å². The molecule has 1 aromatic carbocycles. The molecule has 7 nitrogen and oxygen atoms in total. The fraction of sp³-hybridized carbons (Fsp3) is 0.360. The van der Waals surface area contributed by atoms with Crippen molar-refractivity contribution < 1.29 is 14.3 Å². The van der Waals surface area contributed by atoms with E-state index in [1.807, 2.05) is 50.2 Å². The molecule has 0 N–H and O–H groups in total. The van der Waals surface area contributed by atoms with Crippen LogP contribution in [-0.4, -0.2) is 50.2 Å². The van der Waals surface area contributed by atoms with Gasteiger partial charge in [-0.1, -0.05) is 30.3 Å². The zero-order chi connectivity index (χ0) is 22.7. The summed E-state index contributed by atoms with van der Waals surface area (Å²) in [6.45, 7) is 5.94. The van der Waals surface area contributed by atoms with Gasteiger partial charge in [-0.2, -0.15) is 5.10 Å². The molecule has 0 spiro atoms. The third-order valence-corrected chi connectivity index (χ3v) is 5.56. The van der Waals surface area contributed by atoms with Gasteiger partial charge in [0.2, 0.25) is 0 Å². The summed E-state index contributed by atoms with van der Waals surface area (Å²) in [5, 5.41) is 4.44. The summed E-state index contributed by atoms with van der Waals surface area (Å²) >= 11 is 0. The number of aryl methyl sites for hydroxylation is 2. The Hall–Kier alpha value is -3.48. The Morgan fingerprint density at radius 1 is 1.16 bits per heavy atom. The Balaban J connectivity index is 1.62. The Labute approximate surface area is 188 Å². The number of aromatic nitrogens is 3. The van der Waals surface area contributed by atoms with Crippen LogP contribution >= 0.6 is 0 Å². The van der Waals surface area contributed by atoms with Crippen LogP contribution in [0.4, 0.5) is 0 Å². The first-order chi connectivity index (χ1) is 15.5. The quantitative estimate of drug-likeness (QED) is 0.508. The highest BCUT2D eigenvalue weighted by atomic mass is 16.5. The number of carbonyl (C=O) groups excluding carboxylic acids is 2. The SMILES string of the molecule is CCOC(=O)C(Cc1ccccc1)N(C(=O)c1ccc(-n2nc(C)cc2C)nc1)C1CC1. The van der Waals surface area contributed by atoms with E-state index in [9.17, 15) is 9.59 Å². The normalized spacial score (nSPS) is 14.1. The summed E-state index contributed by atoms with van der Waals surface area (Å²) in [5.41, 5.74) is 3.31. The van der Waals surface area contributed by atoms with Crippen LogP contribution in [0.25, 0.3) is 5.82 Å². The number of benzene rings is 1. The van der Waals surface area contributed by atoms with Crippen LogP contribution in [0.1, 0.15) is 47.1 Å². The summed E-state index contributed by atoms with van der Waals surface area (Å²) in [5.74, 6) is 0.0778. The molecule has 4 rings (SSSR count). The second-order valence-corrected chi connectivity index (χ2v) is 8.15. The fourth-order valence-electron chi connectivity index (χ4n) is 3.93. The highest BCUT2D eigenvalue weighted by molar-refractivity contribution is 5.97. The van der Waals surface area contributed by atoms with Gasteiger partial charge in [0.05, 0.1) is 17.9 Å². The van der Waals surface area contributed by atoms with Crippen LogP contribution < -0.4 is 0 Å². The first kappa shape index (κ1) is 21.7. The molecule has 0 radical (unpaired) electrons. The third-order valence-electron chi connectivity index (χ3n) is 5.56. The maximum Gasteiger partial charge on any atom is 0.329 e. The zero-order valence-corrected chi connectivity index (χ0v) is 18.7. The Morgan fingerprint density at radius 2 is 1.91 bits per heavy atom. The average Bonchev–Trinajstić information content (AvgIpc) is 3.57. The molecule has 0 aliphatic heterocycles. The molecule has 0 bridgehead atoms. The second kappa shape index (κ2) is 9.34. The minimum atomic E-state index is -0.673. The number of nitrogens with zero attached hydrogens (tertiary/aromatic N) is 4. The molecule has 1 unspecified atom stereocenters. The lowest BCUT2D eigenvalue weighted by Gasteiger charge is -2.30. The second-order valence-electron chi connectivity index (χ2n) is 8.15. The maximum atomic E-state index is 13.5. The molecule has 1 atom stereocenters. The van der Waals surface area contributed by atoms with Gasteiger partial charge in [0.25, 0.3) is 5.91 Å². The number of amides is 1. The minimum absolute atomic E-state index is 0.0382. The van der Waals surface area contributed by atoms with Crippen LogP contribution in [0.3, 0.4) is 0 Å². The molecular weight excluding hydrogens is 404 g/mol. The van der Waals surface area contributed by atoms with Crippen LogP contribution in [-0.2, 0) is 16.0 Å². The van der Waals surface area contributed by atoms with Crippen molar-refractivity contribution in [3.63, 3.8) is 0 Å². The van der Waals surface area contributed by atoms with Crippen LogP contribution in [0.15, 0.2) is 54.7 Å². The van der Waals surface area contributed by atoms with E-state index in [0.717, 1.165) is 29.8 Å². The monoisotopic (exact) mass is 432 g/mol. The summed E-state index contributed by atoms with van der Waals surface area (Å²) in [7, 11) is 0. The molecule has 2 heterocycles. The fourth-order valence-corrected chi connectivity index (χ4v) is 3.93. The van der Waals surface area contributed by atoms with Gasteiger partial charge in [-0.25, -0.2) is 14.5 Å². The summed E-state index contributed by atoms with van der Waals surface area (Å²) in [6, 6.07) is 14.6. The van der Waals surface area contributed by atoms with E-state index >= 15 is 0 Å². The van der Waals surface area contributed by atoms with E-state index in [-0.39, 0.29) is 24.5 Å². The molecule has 2 aromatic heterocycles. The van der Waals surface area contributed by atoms with Gasteiger partial charge in [0.1, 0.15) is 6.04 Å². The van der Waals surface area contributed by atoms with Crippen molar-refractivity contribution >= 4 is 11.9 Å². The Kier molecular flexibility index (Phi) is 6.35. The lowest BCUT2D eigenvalue weighted by molar-refractivity contribution is -0.148. The van der Waals surface area contributed by atoms with Crippen LogP contribution in [0.2, 0.25) is 0 Å². The molecule has 7 heteroatoms. The van der Waals surface area contributed by atoms with E-state index in [2.05, 4.69) is 10.1 Å². The van der Waals surface area contributed by atoms with E-state index in [1.54, 1.807) is 34.8 Å². The predicted octanol–water partition coefficient (Wildman–Crippen LogP) is 3.66. The van der Waals surface area contributed by atoms with Gasteiger partial charge < -0.3 is 9.64 Å². The first-order valence-corrected chi connectivity index (χ1v) is 11.0. The number of hydrogen-bond acceptors (Lipinski definition) is 5. The average molecular weight is 433 g/mol. The van der Waals surface area contributed by atoms with Crippen molar-refractivity contribution in [1.82, 2.24) is 19.7 Å². The van der Waals surface area contributed by atoms with Crippen molar-refractivity contribution in [2.24, 2.45) is 0 Å². The molecule has 1 amide bonds. The summed E-state index contributed by atoms with van der Waals surface area (Å²) < 4.78 is 7.10. The number of pyridine rings is 1. The first-order valence-electron chi connectivity index (χ1n) is 11.0. The van der Waals surface area contributed by atoms with E-state index < -0.39 is 6.04 Å². The smallest absolute Gasteiger partial charge is 0.329 e. The molecule has 3 aromatic rings. The molecule has 1 aliphatic carbocycles. The molecule has 1 saturated carbocycles. The van der Waals surface area contributed by atoms with Gasteiger partial charge in [-0.05, 0) is 57.4 Å². The molecular formula is C25H28N4O3. The molecule has 1 aliphatic rings. The van der Waals surface area contributed by atoms with E-state index in [1.165, 1.54) is 0 Å². The molecule has 32 heavy (non-hydrogen) atoms. The highest BCUT2D eigenvalue weighted by Crippen LogP contribution is 2.32. The number of ether oxygens (including phenoxy) is 1. The van der Waals surface area contributed by atoms with Crippen LogP contribution in [0.5, 0.6) is 0 Å². The molecule has 1 fully saturated rings. The lowest BCUT2D eigenvalue weighted by atomic mass is 10.0. The largest absolute Gasteiger partial charge is 0.464 e. The van der Waals surface area contributed by atoms with Crippen molar-refractivity contribution in [2.75, 3.05) is 6.61 Å². The lowest BCUT2D eigenvalue weighted by Crippen LogP contribution is -2.48. The zero-order valence-electron chi connectivity index (χ0n) is 18.7. The van der Waals surface area contributed by atoms with Gasteiger partial charge >= 0.3 is 5.97 Å². The Morgan fingerprint density at radius 3 is 2.47 bits per heavy atom. The third kappa shape index (κ3) is 4.72. The van der Waals surface area contributed by atoms with Gasteiger partial charge in [0.15, 0.2) is 5.82 Å². The minimum Gasteiger partial charge on any atom is -0.464 e. The van der Waals surface area contributed by atoms with Gasteiger partial charge in [-0.15, -0.1) is 0 Å². The highest BCUT2D eigenvalue weighted by Gasteiger charge is 2.41. The maximum absolute atomic E-state index is 13.5. The Bertz CT molecular complexity index is 1090. The number of rotatable bonds is 8. The van der Waals surface area contributed by atoms with E-state index in [0.29, 0.717) is 17.8 Å². The van der Waals surface area contributed by atoms with Crippen molar-refractivity contribution in [2.45, 2.75) is 52.1 Å². The van der Waals surface area contributed by atoms with Crippen molar-refractivity contribution in [1.29, 1.82) is 0 Å². The van der Waals surface area contributed by atoms with Gasteiger partial charge in [-0.3, -0.25) is 4.79 Å². The summed E-state index contributed by atoms with van der Waals surface area (Å²) in [6.07, 6.45) is 3.74. The number of esters is 1. The molecule has 166 valence electrons. The number of carbonyl (C=O) groups is 2. The summed E-state index contributed by atoms with van der Waals surface area (Å²) in [4.78, 5) is 32.6. The van der Waals surface area contributed by atoms with Crippen molar-refractivity contribution in [3.05, 3.63) is 77.2 Å². The van der Waals surface area contributed by atoms with Gasteiger partial charge in [0, 0.05) is 24.4 Å². The standard InChI is InChI=1S/C25H28N4O3/c1-4-32-25(31)22(15-19-8-6-5-7-9-19)28(21-11-12-21)24(30)20-10-13-23(26-16-20)29-18(3)14-17(2)27-29/h5-10,13-14,16,21-22H,4,11-12,15H2,1-3H3. The van der Waals surface area contributed by atoms with Crippen molar-refractivity contribution in [3.8, 4) is 5.82 Å². The van der Waals surface area contributed by atoms with Crippen LogP contribution in [0, 0.1) is 13.8 Å². The molecule has 0 saturated heterocycles. The van der Waals surface area contributed by atoms with E-state index in [4.69, 9.17) is 4.74 Å².